The van der Waals surface area contributed by atoms with E-state index in [0.29, 0.717) is 0 Å². The standard InChI is InChI=1S/C19H21NO12/c1-9(21)28-14-15(29-10(2)22)17(30-11(3)23)19(32-16(14)18(24)27-4)31-13-7-5-12(6-8-13)20(25)26/h5-8,14-17,19H,1-4H3/t14-,15-,16+,17+,19+/m1/s1. The number of hydrogen-bond acceptors (Lipinski definition) is 12. The molecule has 13 heteroatoms. The van der Waals surface area contributed by atoms with E-state index >= 15 is 0 Å². The summed E-state index contributed by atoms with van der Waals surface area (Å²) in [5.41, 5.74) is -0.210. The second kappa shape index (κ2) is 10.5. The number of nitrogens with zero attached hydrogens (tertiary/aromatic N) is 1. The van der Waals surface area contributed by atoms with Gasteiger partial charge in [0.2, 0.25) is 12.4 Å². The van der Waals surface area contributed by atoms with Gasteiger partial charge in [0.05, 0.1) is 12.0 Å². The van der Waals surface area contributed by atoms with Gasteiger partial charge in [-0.1, -0.05) is 0 Å². The molecule has 0 N–H and O–H groups in total. The van der Waals surface area contributed by atoms with E-state index in [1.54, 1.807) is 0 Å². The van der Waals surface area contributed by atoms with Crippen LogP contribution in [0.5, 0.6) is 5.75 Å². The number of benzene rings is 1. The summed E-state index contributed by atoms with van der Waals surface area (Å²) in [6.07, 6.45) is -7.65. The van der Waals surface area contributed by atoms with Gasteiger partial charge in [-0.3, -0.25) is 24.5 Å². The van der Waals surface area contributed by atoms with Gasteiger partial charge >= 0.3 is 23.9 Å². The quantitative estimate of drug-likeness (QED) is 0.244. The lowest BCUT2D eigenvalue weighted by molar-refractivity contribution is -0.384. The summed E-state index contributed by atoms with van der Waals surface area (Å²) in [5, 5.41) is 10.8. The van der Waals surface area contributed by atoms with Crippen LogP contribution in [0.2, 0.25) is 0 Å². The Morgan fingerprint density at radius 1 is 0.875 bits per heavy atom. The van der Waals surface area contributed by atoms with Gasteiger partial charge in [0.15, 0.2) is 18.3 Å². The largest absolute Gasteiger partial charge is 0.467 e. The van der Waals surface area contributed by atoms with Crippen molar-refractivity contribution in [2.45, 2.75) is 51.5 Å². The molecule has 1 aliphatic rings. The lowest BCUT2D eigenvalue weighted by Gasteiger charge is -2.43. The van der Waals surface area contributed by atoms with E-state index < -0.39 is 59.5 Å². The molecule has 0 spiro atoms. The van der Waals surface area contributed by atoms with E-state index in [2.05, 4.69) is 4.74 Å². The summed E-state index contributed by atoms with van der Waals surface area (Å²) in [5.74, 6) is -3.41. The summed E-state index contributed by atoms with van der Waals surface area (Å²) in [6, 6.07) is 4.81. The van der Waals surface area contributed by atoms with Gasteiger partial charge in [-0.15, -0.1) is 0 Å². The molecule has 0 bridgehead atoms. The number of ether oxygens (including phenoxy) is 6. The summed E-state index contributed by atoms with van der Waals surface area (Å²) in [7, 11) is 1.06. The Bertz CT molecular complexity index is 883. The monoisotopic (exact) mass is 455 g/mol. The number of nitro benzene ring substituents is 1. The van der Waals surface area contributed by atoms with Crippen LogP contribution in [-0.4, -0.2) is 66.6 Å². The summed E-state index contributed by atoms with van der Waals surface area (Å²) in [6.45, 7) is 3.19. The van der Waals surface area contributed by atoms with E-state index in [4.69, 9.17) is 23.7 Å². The Morgan fingerprint density at radius 3 is 1.84 bits per heavy atom. The third-order valence-electron chi connectivity index (χ3n) is 4.13. The van der Waals surface area contributed by atoms with Crippen LogP contribution in [0, 0.1) is 10.1 Å². The molecule has 0 aliphatic carbocycles. The molecule has 0 amide bonds. The number of methoxy groups -OCH3 is 1. The van der Waals surface area contributed by atoms with E-state index in [9.17, 15) is 29.3 Å². The number of esters is 4. The van der Waals surface area contributed by atoms with Gasteiger partial charge in [-0.05, 0) is 12.1 Å². The highest BCUT2D eigenvalue weighted by atomic mass is 16.7. The molecule has 1 aromatic rings. The molecule has 1 aromatic carbocycles. The molecular weight excluding hydrogens is 434 g/mol. The van der Waals surface area contributed by atoms with Crippen molar-refractivity contribution in [2.24, 2.45) is 0 Å². The van der Waals surface area contributed by atoms with Crippen LogP contribution in [-0.2, 0) is 42.9 Å². The van der Waals surface area contributed by atoms with Crippen molar-refractivity contribution in [3.8, 4) is 5.75 Å². The number of carbonyl (C=O) groups excluding carboxylic acids is 4. The van der Waals surface area contributed by atoms with Gasteiger partial charge in [-0.2, -0.15) is 0 Å². The third-order valence-corrected chi connectivity index (χ3v) is 4.13. The van der Waals surface area contributed by atoms with E-state index in [1.165, 1.54) is 12.1 Å². The maximum absolute atomic E-state index is 12.3. The van der Waals surface area contributed by atoms with Crippen LogP contribution >= 0.6 is 0 Å². The Labute approximate surface area is 181 Å². The van der Waals surface area contributed by atoms with Crippen LogP contribution in [0.1, 0.15) is 20.8 Å². The molecule has 1 saturated heterocycles. The molecule has 2 rings (SSSR count). The highest BCUT2D eigenvalue weighted by molar-refractivity contribution is 5.77. The number of non-ortho nitro benzene ring substituents is 1. The second-order valence-corrected chi connectivity index (χ2v) is 6.54. The fourth-order valence-corrected chi connectivity index (χ4v) is 2.96. The van der Waals surface area contributed by atoms with E-state index in [1.807, 2.05) is 0 Å². The zero-order valence-corrected chi connectivity index (χ0v) is 17.5. The maximum Gasteiger partial charge on any atom is 0.339 e. The predicted octanol–water partition coefficient (Wildman–Crippen LogP) is 0.667. The summed E-state index contributed by atoms with van der Waals surface area (Å²) in [4.78, 5) is 57.6. The van der Waals surface area contributed by atoms with Crippen molar-refractivity contribution in [3.05, 3.63) is 34.4 Å². The molecule has 13 nitrogen and oxygen atoms in total. The smallest absolute Gasteiger partial charge is 0.339 e. The van der Waals surface area contributed by atoms with Crippen molar-refractivity contribution in [1.29, 1.82) is 0 Å². The molecule has 0 radical (unpaired) electrons. The maximum atomic E-state index is 12.3. The van der Waals surface area contributed by atoms with Crippen molar-refractivity contribution in [3.63, 3.8) is 0 Å². The molecule has 0 aromatic heterocycles. The molecule has 0 unspecified atom stereocenters. The molecule has 0 saturated carbocycles. The van der Waals surface area contributed by atoms with E-state index in [0.717, 1.165) is 40.0 Å². The summed E-state index contributed by atoms with van der Waals surface area (Å²) >= 11 is 0. The highest BCUT2D eigenvalue weighted by Gasteiger charge is 2.55. The first-order valence-electron chi connectivity index (χ1n) is 9.19. The lowest BCUT2D eigenvalue weighted by atomic mass is 9.97. The normalized spacial score (nSPS) is 24.6. The number of hydrogen-bond donors (Lipinski definition) is 0. The van der Waals surface area contributed by atoms with E-state index in [-0.39, 0.29) is 11.4 Å². The average molecular weight is 455 g/mol. The SMILES string of the molecule is COC(=O)[C@H]1O[C@H](Oc2ccc([N+](=O)[O-])cc2)[C@@H](OC(C)=O)[C@H](OC(C)=O)[C@H]1OC(C)=O. The lowest BCUT2D eigenvalue weighted by Crippen LogP contribution is -2.64. The fourth-order valence-electron chi connectivity index (χ4n) is 2.96. The first-order chi connectivity index (χ1) is 15.0. The number of carbonyl (C=O) groups is 4. The van der Waals surface area contributed by atoms with Crippen LogP contribution in [0.4, 0.5) is 5.69 Å². The Morgan fingerprint density at radius 2 is 1.38 bits per heavy atom. The third kappa shape index (κ3) is 6.14. The minimum atomic E-state index is -1.61. The molecule has 5 atom stereocenters. The zero-order chi connectivity index (χ0) is 24.0. The zero-order valence-electron chi connectivity index (χ0n) is 17.5. The van der Waals surface area contributed by atoms with Crippen LogP contribution in [0.25, 0.3) is 0 Å². The number of rotatable bonds is 7. The Kier molecular flexibility index (Phi) is 8.07. The average Bonchev–Trinajstić information content (AvgIpc) is 2.70. The predicted molar refractivity (Wildman–Crippen MR) is 101 cm³/mol. The van der Waals surface area contributed by atoms with Crippen molar-refractivity contribution >= 4 is 29.6 Å². The number of nitro groups is 1. The van der Waals surface area contributed by atoms with Crippen molar-refractivity contribution in [1.82, 2.24) is 0 Å². The van der Waals surface area contributed by atoms with Crippen LogP contribution in [0.15, 0.2) is 24.3 Å². The Hall–Kier alpha value is -3.74. The highest BCUT2D eigenvalue weighted by Crippen LogP contribution is 2.31. The molecule has 32 heavy (non-hydrogen) atoms. The molecule has 1 heterocycles. The molecule has 174 valence electrons. The summed E-state index contributed by atoms with van der Waals surface area (Å²) < 4.78 is 31.4. The molecule has 1 aliphatic heterocycles. The van der Waals surface area contributed by atoms with Crippen molar-refractivity contribution < 1.29 is 52.5 Å². The van der Waals surface area contributed by atoms with Gasteiger partial charge in [-0.25, -0.2) is 4.79 Å². The van der Waals surface area contributed by atoms with Crippen LogP contribution < -0.4 is 4.74 Å². The second-order valence-electron chi connectivity index (χ2n) is 6.54. The van der Waals surface area contributed by atoms with Gasteiger partial charge < -0.3 is 28.4 Å². The van der Waals surface area contributed by atoms with Gasteiger partial charge in [0.1, 0.15) is 5.75 Å². The fraction of sp³-hybridized carbons (Fsp3) is 0.474. The molecular formula is C19H21NO12. The Balaban J connectivity index is 2.47. The molecule has 1 fully saturated rings. The minimum absolute atomic E-state index is 0.0499. The van der Waals surface area contributed by atoms with Gasteiger partial charge in [0, 0.05) is 32.9 Å². The van der Waals surface area contributed by atoms with Gasteiger partial charge in [0.25, 0.3) is 5.69 Å². The van der Waals surface area contributed by atoms with Crippen LogP contribution in [0.3, 0.4) is 0 Å². The first kappa shape index (κ1) is 24.5. The minimum Gasteiger partial charge on any atom is -0.467 e. The topological polar surface area (TPSA) is 167 Å². The van der Waals surface area contributed by atoms with Crippen molar-refractivity contribution in [2.75, 3.05) is 7.11 Å². The first-order valence-corrected chi connectivity index (χ1v) is 9.19.